The predicted molar refractivity (Wildman–Crippen MR) is 168 cm³/mol. The molecule has 2 aliphatic heterocycles. The second-order valence-electron chi connectivity index (χ2n) is 13.1. The molecule has 230 valence electrons. The first-order chi connectivity index (χ1) is 20.7. The molecule has 0 aromatic heterocycles. The monoisotopic (exact) mass is 606 g/mol. The van der Waals surface area contributed by atoms with Crippen LogP contribution in [0.15, 0.2) is 48.6 Å². The summed E-state index contributed by atoms with van der Waals surface area (Å²) in [6, 6.07) is 12.2. The van der Waals surface area contributed by atoms with Crippen LogP contribution in [0.3, 0.4) is 0 Å². The van der Waals surface area contributed by atoms with Crippen LogP contribution in [0.5, 0.6) is 5.75 Å². The fraction of sp³-hybridized carbons (Fsp3) is 0.543. The van der Waals surface area contributed by atoms with Crippen LogP contribution < -0.4 is 9.64 Å². The van der Waals surface area contributed by atoms with Gasteiger partial charge >= 0.3 is 5.97 Å². The number of aryl methyl sites for hydroxylation is 1. The van der Waals surface area contributed by atoms with Gasteiger partial charge in [-0.1, -0.05) is 35.9 Å². The third-order valence-electron chi connectivity index (χ3n) is 10.7. The zero-order valence-electron chi connectivity index (χ0n) is 25.4. The first-order valence-corrected chi connectivity index (χ1v) is 16.1. The average Bonchev–Trinajstić information content (AvgIpc) is 3.13. The minimum Gasteiger partial charge on any atom is -0.490 e. The fourth-order valence-electron chi connectivity index (χ4n) is 7.97. The summed E-state index contributed by atoms with van der Waals surface area (Å²) in [6.07, 6.45) is 10.1. The number of anilines is 1. The fourth-order valence-corrected chi connectivity index (χ4v) is 8.17. The van der Waals surface area contributed by atoms with Crippen molar-refractivity contribution in [3.05, 3.63) is 70.3 Å². The summed E-state index contributed by atoms with van der Waals surface area (Å²) < 4.78 is 12.7. The lowest BCUT2D eigenvalue weighted by Gasteiger charge is -2.50. The van der Waals surface area contributed by atoms with Crippen LogP contribution in [0.1, 0.15) is 68.1 Å². The van der Waals surface area contributed by atoms with E-state index >= 15 is 0 Å². The average molecular weight is 607 g/mol. The van der Waals surface area contributed by atoms with Crippen LogP contribution >= 0.6 is 11.6 Å². The standard InChI is InChI=1S/C35H43ClN2O5/c1-22-26-11-12-27(26)31(42-3)8-4-5-16-37(2)33(39)19-28(34(40)41)23-9-14-32-30(18-23)38(22)20-35(21-43-32)15-6-7-24-17-25(36)10-13-29(24)35/h4,8-10,13-14,17-18,22,26-28,31H,5-7,11-12,15-16,19-21H2,1-3H3,(H,40,41)/b8-4+/t22?,26-,27+,28+,31-,35-/m0/s1. The summed E-state index contributed by atoms with van der Waals surface area (Å²) in [7, 11) is 3.53. The Kier molecular flexibility index (Phi) is 8.49. The normalized spacial score (nSPS) is 31.7. The van der Waals surface area contributed by atoms with Crippen molar-refractivity contribution in [3.8, 4) is 5.75 Å². The highest BCUT2D eigenvalue weighted by molar-refractivity contribution is 6.30. The molecule has 8 heteroatoms. The Morgan fingerprint density at radius 1 is 1.16 bits per heavy atom. The Hall–Kier alpha value is -3.03. The third kappa shape index (κ3) is 5.66. The number of rotatable bonds is 2. The van der Waals surface area contributed by atoms with E-state index in [1.807, 2.05) is 24.3 Å². The van der Waals surface area contributed by atoms with Crippen LogP contribution in [0.25, 0.3) is 0 Å². The van der Waals surface area contributed by atoms with Gasteiger partial charge in [0.1, 0.15) is 5.75 Å². The topological polar surface area (TPSA) is 79.3 Å². The first-order valence-electron chi connectivity index (χ1n) is 15.7. The molecule has 6 rings (SSSR count). The molecule has 7 nitrogen and oxygen atoms in total. The Labute approximate surface area is 259 Å². The molecule has 1 unspecified atom stereocenters. The van der Waals surface area contributed by atoms with Crippen molar-refractivity contribution < 1.29 is 24.2 Å². The smallest absolute Gasteiger partial charge is 0.311 e. The van der Waals surface area contributed by atoms with Gasteiger partial charge in [0, 0.05) is 50.1 Å². The van der Waals surface area contributed by atoms with Crippen LogP contribution in [-0.2, 0) is 26.2 Å². The van der Waals surface area contributed by atoms with Crippen molar-refractivity contribution in [2.45, 2.75) is 75.3 Å². The number of carboxylic acid groups (broad SMARTS) is 1. The zero-order chi connectivity index (χ0) is 30.3. The highest BCUT2D eigenvalue weighted by atomic mass is 35.5. The van der Waals surface area contributed by atoms with E-state index in [1.54, 1.807) is 19.1 Å². The minimum atomic E-state index is -0.992. The molecule has 4 aliphatic rings. The van der Waals surface area contributed by atoms with Gasteiger partial charge in [-0.2, -0.15) is 0 Å². The number of nitrogens with zero attached hydrogens (tertiary/aromatic N) is 2. The maximum Gasteiger partial charge on any atom is 0.311 e. The molecule has 2 aromatic rings. The third-order valence-corrected chi connectivity index (χ3v) is 10.9. The lowest BCUT2D eigenvalue weighted by atomic mass is 9.65. The van der Waals surface area contributed by atoms with Gasteiger partial charge in [-0.25, -0.2) is 0 Å². The molecule has 1 amide bonds. The molecule has 2 bridgehead atoms. The van der Waals surface area contributed by atoms with E-state index in [-0.39, 0.29) is 29.9 Å². The van der Waals surface area contributed by atoms with Gasteiger partial charge in [0.25, 0.3) is 0 Å². The van der Waals surface area contributed by atoms with Gasteiger partial charge in [0.05, 0.1) is 24.3 Å². The maximum absolute atomic E-state index is 13.2. The van der Waals surface area contributed by atoms with Gasteiger partial charge in [0.2, 0.25) is 5.91 Å². The summed E-state index contributed by atoms with van der Waals surface area (Å²) in [5.41, 5.74) is 3.91. The molecule has 6 atom stereocenters. The van der Waals surface area contributed by atoms with Gasteiger partial charge in [0.15, 0.2) is 0 Å². The summed E-state index contributed by atoms with van der Waals surface area (Å²) in [5, 5.41) is 11.0. The van der Waals surface area contributed by atoms with E-state index in [1.165, 1.54) is 11.1 Å². The Balaban J connectivity index is 1.47. The zero-order valence-corrected chi connectivity index (χ0v) is 26.2. The number of hydrogen-bond acceptors (Lipinski definition) is 5. The predicted octanol–water partition coefficient (Wildman–Crippen LogP) is 6.22. The van der Waals surface area contributed by atoms with E-state index in [0.29, 0.717) is 37.0 Å². The van der Waals surface area contributed by atoms with Crippen LogP contribution in [0, 0.1) is 11.8 Å². The lowest BCUT2D eigenvalue weighted by Crippen LogP contribution is -2.54. The van der Waals surface area contributed by atoms with E-state index in [2.05, 4.69) is 36.1 Å². The summed E-state index contributed by atoms with van der Waals surface area (Å²) in [6.45, 7) is 4.14. The number of benzene rings is 2. The van der Waals surface area contributed by atoms with E-state index < -0.39 is 11.9 Å². The Morgan fingerprint density at radius 3 is 2.72 bits per heavy atom. The van der Waals surface area contributed by atoms with E-state index in [0.717, 1.165) is 55.1 Å². The number of carbonyl (C=O) groups is 2. The summed E-state index contributed by atoms with van der Waals surface area (Å²) >= 11 is 6.44. The van der Waals surface area contributed by atoms with Crippen molar-refractivity contribution in [3.63, 3.8) is 0 Å². The van der Waals surface area contributed by atoms with Crippen molar-refractivity contribution in [1.29, 1.82) is 0 Å². The first kappa shape index (κ1) is 30.0. The molecule has 1 saturated carbocycles. The number of amides is 1. The van der Waals surface area contributed by atoms with Gasteiger partial charge in [-0.3, -0.25) is 9.59 Å². The number of fused-ring (bicyclic) bond motifs is 4. The molecule has 0 saturated heterocycles. The number of ether oxygens (including phenoxy) is 2. The molecule has 2 aliphatic carbocycles. The van der Waals surface area contributed by atoms with Crippen LogP contribution in [0.4, 0.5) is 5.69 Å². The van der Waals surface area contributed by atoms with Gasteiger partial charge in [-0.05, 0) is 98.2 Å². The van der Waals surface area contributed by atoms with Crippen LogP contribution in [0.2, 0.25) is 5.02 Å². The minimum absolute atomic E-state index is 0.00652. The molecule has 0 radical (unpaired) electrons. The molecule has 1 fully saturated rings. The Morgan fingerprint density at radius 2 is 1.98 bits per heavy atom. The van der Waals surface area contributed by atoms with Crippen molar-refractivity contribution in [2.75, 3.05) is 38.8 Å². The highest BCUT2D eigenvalue weighted by Crippen LogP contribution is 2.49. The van der Waals surface area contributed by atoms with E-state index in [4.69, 9.17) is 21.1 Å². The summed E-state index contributed by atoms with van der Waals surface area (Å²) in [4.78, 5) is 29.8. The van der Waals surface area contributed by atoms with Crippen molar-refractivity contribution in [1.82, 2.24) is 4.90 Å². The largest absolute Gasteiger partial charge is 0.490 e. The second-order valence-corrected chi connectivity index (χ2v) is 13.5. The molecule has 43 heavy (non-hydrogen) atoms. The quantitative estimate of drug-likeness (QED) is 0.409. The number of carboxylic acids is 1. The molecule has 1 N–H and O–H groups in total. The van der Waals surface area contributed by atoms with Gasteiger partial charge in [-0.15, -0.1) is 0 Å². The van der Waals surface area contributed by atoms with Gasteiger partial charge < -0.3 is 24.4 Å². The summed E-state index contributed by atoms with van der Waals surface area (Å²) in [5.74, 6) is -0.566. The molecule has 1 spiro atoms. The SMILES string of the molecule is CO[C@H]1/C=C/CCN(C)C(=O)C[C@@H](C(=O)O)c2ccc3c(c2)N(C[C@@]2(CCCc4cc(Cl)ccc42)CO3)C(C)[C@@H]2CC[C@@H]12. The Bertz CT molecular complexity index is 1410. The van der Waals surface area contributed by atoms with Crippen molar-refractivity contribution in [2.24, 2.45) is 11.8 Å². The number of hydrogen-bond donors (Lipinski definition) is 1. The highest BCUT2D eigenvalue weighted by Gasteiger charge is 2.47. The van der Waals surface area contributed by atoms with E-state index in [9.17, 15) is 14.7 Å². The molecular weight excluding hydrogens is 564 g/mol. The molecule has 2 aromatic carbocycles. The number of aliphatic carboxylic acids is 1. The maximum atomic E-state index is 13.2. The van der Waals surface area contributed by atoms with Crippen molar-refractivity contribution >= 4 is 29.2 Å². The number of methoxy groups -OCH3 is 1. The lowest BCUT2D eigenvalue weighted by molar-refractivity contribution is -0.142. The molecular formula is C35H43ClN2O5. The molecule has 2 heterocycles. The van der Waals surface area contributed by atoms with Crippen LogP contribution in [-0.4, -0.2) is 67.9 Å². The number of halogens is 1. The number of carbonyl (C=O) groups excluding carboxylic acids is 1. The second kappa shape index (κ2) is 12.2.